The number of aryl methyl sites for hydroxylation is 3. The number of nitrogens with zero attached hydrogens (tertiary/aromatic N) is 3. The van der Waals surface area contributed by atoms with E-state index in [1.165, 1.54) is 0 Å². The van der Waals surface area contributed by atoms with Gasteiger partial charge in [0.15, 0.2) is 0 Å². The predicted octanol–water partition coefficient (Wildman–Crippen LogP) is 1.98. The third kappa shape index (κ3) is 2.05. The number of hydrogen-bond acceptors (Lipinski definition) is 2. The van der Waals surface area contributed by atoms with Gasteiger partial charge in [0.25, 0.3) is 0 Å². The SMILES string of the molecule is Cn1c(=O)n(CCc2ccccn2)c2ccccc21. The van der Waals surface area contributed by atoms with Gasteiger partial charge in [-0.1, -0.05) is 18.2 Å². The Hall–Kier alpha value is -2.36. The molecule has 3 rings (SSSR count). The van der Waals surface area contributed by atoms with Gasteiger partial charge in [0.2, 0.25) is 0 Å². The zero-order chi connectivity index (χ0) is 13.2. The van der Waals surface area contributed by atoms with Crippen LogP contribution < -0.4 is 5.69 Å². The van der Waals surface area contributed by atoms with Crippen molar-refractivity contribution >= 4 is 11.0 Å². The third-order valence-electron chi connectivity index (χ3n) is 3.37. The molecule has 4 nitrogen and oxygen atoms in total. The number of rotatable bonds is 3. The maximum atomic E-state index is 12.2. The van der Waals surface area contributed by atoms with Gasteiger partial charge in [0, 0.05) is 31.9 Å². The Morgan fingerprint density at radius 1 is 1.05 bits per heavy atom. The first-order valence-electron chi connectivity index (χ1n) is 6.31. The minimum absolute atomic E-state index is 0.0251. The van der Waals surface area contributed by atoms with Gasteiger partial charge in [-0.3, -0.25) is 14.1 Å². The standard InChI is InChI=1S/C15H15N3O/c1-17-13-7-2-3-8-14(13)18(15(17)19)11-9-12-6-4-5-10-16-12/h2-8,10H,9,11H2,1H3. The fourth-order valence-corrected chi connectivity index (χ4v) is 2.35. The van der Waals surface area contributed by atoms with Crippen molar-refractivity contribution in [3.8, 4) is 0 Å². The molecule has 0 radical (unpaired) electrons. The van der Waals surface area contributed by atoms with Crippen molar-refractivity contribution in [3.63, 3.8) is 0 Å². The van der Waals surface area contributed by atoms with E-state index in [1.807, 2.05) is 54.1 Å². The fraction of sp³-hybridized carbons (Fsp3) is 0.200. The van der Waals surface area contributed by atoms with E-state index in [2.05, 4.69) is 4.98 Å². The smallest absolute Gasteiger partial charge is 0.295 e. The largest absolute Gasteiger partial charge is 0.328 e. The van der Waals surface area contributed by atoms with Crippen molar-refractivity contribution in [1.82, 2.24) is 14.1 Å². The fourth-order valence-electron chi connectivity index (χ4n) is 2.35. The third-order valence-corrected chi connectivity index (χ3v) is 3.37. The average Bonchev–Trinajstić information content (AvgIpc) is 2.71. The minimum atomic E-state index is 0.0251. The van der Waals surface area contributed by atoms with Crippen molar-refractivity contribution in [2.75, 3.05) is 0 Å². The maximum absolute atomic E-state index is 12.2. The van der Waals surface area contributed by atoms with Crippen LogP contribution in [-0.4, -0.2) is 14.1 Å². The molecule has 96 valence electrons. The molecule has 0 atom stereocenters. The van der Waals surface area contributed by atoms with Crippen molar-refractivity contribution in [2.24, 2.45) is 7.05 Å². The summed E-state index contributed by atoms with van der Waals surface area (Å²) in [5.41, 5.74) is 2.97. The van der Waals surface area contributed by atoms with Crippen molar-refractivity contribution in [1.29, 1.82) is 0 Å². The summed E-state index contributed by atoms with van der Waals surface area (Å²) in [6.07, 6.45) is 2.54. The molecule has 19 heavy (non-hydrogen) atoms. The van der Waals surface area contributed by atoms with Crippen LogP contribution in [0.1, 0.15) is 5.69 Å². The summed E-state index contributed by atoms with van der Waals surface area (Å²) < 4.78 is 3.50. The molecule has 0 spiro atoms. The molecule has 0 aliphatic heterocycles. The maximum Gasteiger partial charge on any atom is 0.328 e. The molecule has 0 aliphatic carbocycles. The van der Waals surface area contributed by atoms with E-state index in [1.54, 1.807) is 10.8 Å². The lowest BCUT2D eigenvalue weighted by atomic mass is 10.2. The molecule has 0 bridgehead atoms. The number of hydrogen-bond donors (Lipinski definition) is 0. The molecule has 0 saturated heterocycles. The van der Waals surface area contributed by atoms with E-state index in [0.29, 0.717) is 6.54 Å². The summed E-state index contributed by atoms with van der Waals surface area (Å²) in [4.78, 5) is 16.5. The Bertz CT molecular complexity index is 756. The summed E-state index contributed by atoms with van der Waals surface area (Å²) in [6.45, 7) is 0.650. The number of benzene rings is 1. The van der Waals surface area contributed by atoms with Gasteiger partial charge in [-0.05, 0) is 24.3 Å². The van der Waals surface area contributed by atoms with E-state index in [4.69, 9.17) is 0 Å². The monoisotopic (exact) mass is 253 g/mol. The molecular formula is C15H15N3O. The van der Waals surface area contributed by atoms with Gasteiger partial charge in [0.1, 0.15) is 0 Å². The summed E-state index contributed by atoms with van der Waals surface area (Å²) in [5, 5.41) is 0. The lowest BCUT2D eigenvalue weighted by Crippen LogP contribution is -2.23. The molecule has 0 aliphatic rings. The van der Waals surface area contributed by atoms with E-state index < -0.39 is 0 Å². The number of pyridine rings is 1. The first-order valence-corrected chi connectivity index (χ1v) is 6.31. The number of para-hydroxylation sites is 2. The van der Waals surface area contributed by atoms with E-state index in [0.717, 1.165) is 23.1 Å². The van der Waals surface area contributed by atoms with Gasteiger partial charge < -0.3 is 0 Å². The highest BCUT2D eigenvalue weighted by molar-refractivity contribution is 5.75. The van der Waals surface area contributed by atoms with Crippen LogP contribution in [0.5, 0.6) is 0 Å². The predicted molar refractivity (Wildman–Crippen MR) is 75.1 cm³/mol. The zero-order valence-electron chi connectivity index (χ0n) is 10.8. The van der Waals surface area contributed by atoms with Crippen molar-refractivity contribution in [2.45, 2.75) is 13.0 Å². The quantitative estimate of drug-likeness (QED) is 0.716. The molecule has 0 fully saturated rings. The van der Waals surface area contributed by atoms with Crippen LogP contribution in [0.15, 0.2) is 53.5 Å². The molecule has 0 amide bonds. The zero-order valence-corrected chi connectivity index (χ0v) is 10.8. The van der Waals surface area contributed by atoms with E-state index in [-0.39, 0.29) is 5.69 Å². The molecule has 0 N–H and O–H groups in total. The lowest BCUT2D eigenvalue weighted by molar-refractivity contribution is 0.658. The van der Waals surface area contributed by atoms with Crippen LogP contribution in [0.25, 0.3) is 11.0 Å². The van der Waals surface area contributed by atoms with Gasteiger partial charge in [-0.15, -0.1) is 0 Å². The number of imidazole rings is 1. The Balaban J connectivity index is 1.97. The number of fused-ring (bicyclic) bond motifs is 1. The Morgan fingerprint density at radius 2 is 1.79 bits per heavy atom. The van der Waals surface area contributed by atoms with Crippen LogP contribution in [0.3, 0.4) is 0 Å². The summed E-state index contributed by atoms with van der Waals surface area (Å²) >= 11 is 0. The molecule has 1 aromatic carbocycles. The van der Waals surface area contributed by atoms with Gasteiger partial charge in [0.05, 0.1) is 11.0 Å². The molecule has 2 aromatic heterocycles. The summed E-state index contributed by atoms with van der Waals surface area (Å²) in [5.74, 6) is 0. The van der Waals surface area contributed by atoms with Crippen LogP contribution in [0.4, 0.5) is 0 Å². The Morgan fingerprint density at radius 3 is 2.53 bits per heavy atom. The average molecular weight is 253 g/mol. The highest BCUT2D eigenvalue weighted by Gasteiger charge is 2.09. The lowest BCUT2D eigenvalue weighted by Gasteiger charge is -2.02. The van der Waals surface area contributed by atoms with Crippen LogP contribution in [0, 0.1) is 0 Å². The highest BCUT2D eigenvalue weighted by Crippen LogP contribution is 2.11. The second kappa shape index (κ2) is 4.72. The normalized spacial score (nSPS) is 11.0. The highest BCUT2D eigenvalue weighted by atomic mass is 16.1. The summed E-state index contributed by atoms with van der Waals surface area (Å²) in [7, 11) is 1.81. The molecule has 4 heteroatoms. The van der Waals surface area contributed by atoms with Gasteiger partial charge in [-0.25, -0.2) is 4.79 Å². The van der Waals surface area contributed by atoms with Crippen LogP contribution >= 0.6 is 0 Å². The van der Waals surface area contributed by atoms with Crippen molar-refractivity contribution in [3.05, 3.63) is 64.8 Å². The Kier molecular flexibility index (Phi) is 2.91. The molecule has 2 heterocycles. The molecule has 0 unspecified atom stereocenters. The topological polar surface area (TPSA) is 39.8 Å². The van der Waals surface area contributed by atoms with E-state index in [9.17, 15) is 4.79 Å². The van der Waals surface area contributed by atoms with Crippen LogP contribution in [-0.2, 0) is 20.0 Å². The minimum Gasteiger partial charge on any atom is -0.295 e. The molecule has 0 saturated carbocycles. The first kappa shape index (κ1) is 11.7. The molecule has 3 aromatic rings. The van der Waals surface area contributed by atoms with E-state index >= 15 is 0 Å². The summed E-state index contributed by atoms with van der Waals surface area (Å²) in [6, 6.07) is 13.7. The second-order valence-electron chi connectivity index (χ2n) is 4.55. The first-order chi connectivity index (χ1) is 9.27. The van der Waals surface area contributed by atoms with Gasteiger partial charge >= 0.3 is 5.69 Å². The second-order valence-corrected chi connectivity index (χ2v) is 4.55. The van der Waals surface area contributed by atoms with Crippen LogP contribution in [0.2, 0.25) is 0 Å². The van der Waals surface area contributed by atoms with Crippen molar-refractivity contribution < 1.29 is 0 Å². The number of aromatic nitrogens is 3. The Labute approximate surface area is 110 Å². The molecular weight excluding hydrogens is 238 g/mol. The van der Waals surface area contributed by atoms with Gasteiger partial charge in [-0.2, -0.15) is 0 Å².